The van der Waals surface area contributed by atoms with E-state index < -0.39 is 23.8 Å². The van der Waals surface area contributed by atoms with Crippen LogP contribution < -0.4 is 5.32 Å². The number of carboxylic acids is 1. The van der Waals surface area contributed by atoms with Crippen molar-refractivity contribution in [3.8, 4) is 0 Å². The topological polar surface area (TPSA) is 135 Å². The molecular formula is C22H22N2O7. The van der Waals surface area contributed by atoms with Gasteiger partial charge in [-0.2, -0.15) is 0 Å². The predicted molar refractivity (Wildman–Crippen MR) is 112 cm³/mol. The number of esters is 2. The smallest absolute Gasteiger partial charge is 0.355 e. The highest BCUT2D eigenvalue weighted by Gasteiger charge is 2.28. The number of amides is 1. The molecule has 162 valence electrons. The number of rotatable bonds is 7. The van der Waals surface area contributed by atoms with Gasteiger partial charge in [-0.1, -0.05) is 0 Å². The minimum atomic E-state index is -1.12. The number of carboxylic acid groups (broad SMARTS) is 1. The van der Waals surface area contributed by atoms with Crippen molar-refractivity contribution in [3.63, 3.8) is 0 Å². The normalized spacial score (nSPS) is 13.6. The largest absolute Gasteiger partial charge is 0.478 e. The van der Waals surface area contributed by atoms with E-state index in [1.807, 2.05) is 0 Å². The van der Waals surface area contributed by atoms with Crippen LogP contribution in [-0.2, 0) is 25.5 Å². The van der Waals surface area contributed by atoms with E-state index in [4.69, 9.17) is 9.47 Å². The Morgan fingerprint density at radius 1 is 1.13 bits per heavy atom. The van der Waals surface area contributed by atoms with Gasteiger partial charge in [0, 0.05) is 33.6 Å². The summed E-state index contributed by atoms with van der Waals surface area (Å²) in [5, 5.41) is 12.0. The maximum Gasteiger partial charge on any atom is 0.355 e. The van der Waals surface area contributed by atoms with Crippen LogP contribution in [0.25, 0.3) is 11.6 Å². The standard InChI is InChI=1S/C22H22N2O7/c1-4-30-18(25)10-15-13(11(3)23-19(15)22(29)31-5-2)9-16-14-8-12(21(27)28)6-7-17(14)24-20(16)26/h6-9,23H,4-5,10H2,1-3H3,(H,24,26)(H,27,28)/b16-9+. The van der Waals surface area contributed by atoms with E-state index in [1.165, 1.54) is 24.3 Å². The first-order valence-electron chi connectivity index (χ1n) is 9.71. The lowest BCUT2D eigenvalue weighted by molar-refractivity contribution is -0.142. The van der Waals surface area contributed by atoms with Crippen LogP contribution in [0.15, 0.2) is 18.2 Å². The van der Waals surface area contributed by atoms with Crippen molar-refractivity contribution < 1.29 is 33.8 Å². The Labute approximate surface area is 178 Å². The number of carbonyl (C=O) groups is 4. The molecular weight excluding hydrogens is 404 g/mol. The number of aromatic nitrogens is 1. The number of hydrogen-bond acceptors (Lipinski definition) is 6. The van der Waals surface area contributed by atoms with Crippen LogP contribution >= 0.6 is 0 Å². The van der Waals surface area contributed by atoms with Gasteiger partial charge in [0.2, 0.25) is 0 Å². The van der Waals surface area contributed by atoms with E-state index >= 15 is 0 Å². The number of fused-ring (bicyclic) bond motifs is 1. The summed E-state index contributed by atoms with van der Waals surface area (Å²) in [6.45, 7) is 5.38. The quantitative estimate of drug-likeness (QED) is 0.458. The Bertz CT molecular complexity index is 1110. The molecule has 2 heterocycles. The summed E-state index contributed by atoms with van der Waals surface area (Å²) in [6, 6.07) is 4.32. The van der Waals surface area contributed by atoms with E-state index in [9.17, 15) is 24.3 Å². The van der Waals surface area contributed by atoms with Crippen molar-refractivity contribution in [3.05, 3.63) is 51.8 Å². The van der Waals surface area contributed by atoms with Crippen molar-refractivity contribution in [2.24, 2.45) is 0 Å². The third-order valence-corrected chi connectivity index (χ3v) is 4.79. The Balaban J connectivity index is 2.15. The van der Waals surface area contributed by atoms with Crippen molar-refractivity contribution in [2.45, 2.75) is 27.2 Å². The van der Waals surface area contributed by atoms with Crippen LogP contribution in [0.5, 0.6) is 0 Å². The fourth-order valence-electron chi connectivity index (χ4n) is 3.41. The van der Waals surface area contributed by atoms with Gasteiger partial charge >= 0.3 is 17.9 Å². The van der Waals surface area contributed by atoms with Gasteiger partial charge in [0.05, 0.1) is 25.2 Å². The molecule has 3 rings (SSSR count). The average molecular weight is 426 g/mol. The van der Waals surface area contributed by atoms with Gasteiger partial charge in [0.1, 0.15) is 5.69 Å². The Kier molecular flexibility index (Phi) is 6.24. The second kappa shape index (κ2) is 8.86. The zero-order valence-electron chi connectivity index (χ0n) is 17.3. The van der Waals surface area contributed by atoms with Crippen LogP contribution in [0.1, 0.15) is 57.1 Å². The number of H-pyrrole nitrogens is 1. The summed E-state index contributed by atoms with van der Waals surface area (Å²) in [5.41, 5.74) is 2.62. The van der Waals surface area contributed by atoms with Crippen molar-refractivity contribution >= 4 is 41.2 Å². The van der Waals surface area contributed by atoms with Crippen molar-refractivity contribution in [1.82, 2.24) is 4.98 Å². The van der Waals surface area contributed by atoms with Crippen LogP contribution in [0.2, 0.25) is 0 Å². The van der Waals surface area contributed by atoms with Crippen LogP contribution in [0, 0.1) is 6.92 Å². The maximum atomic E-state index is 12.6. The lowest BCUT2D eigenvalue weighted by atomic mass is 9.98. The van der Waals surface area contributed by atoms with E-state index in [2.05, 4.69) is 10.3 Å². The number of aryl methyl sites for hydroxylation is 1. The third kappa shape index (κ3) is 4.35. The molecule has 0 unspecified atom stereocenters. The first-order chi connectivity index (χ1) is 14.8. The Morgan fingerprint density at radius 2 is 1.84 bits per heavy atom. The number of nitrogens with one attached hydrogen (secondary N) is 2. The minimum absolute atomic E-state index is 0.0332. The number of carbonyl (C=O) groups excluding carboxylic acids is 3. The van der Waals surface area contributed by atoms with Crippen LogP contribution in [0.4, 0.5) is 5.69 Å². The summed E-state index contributed by atoms with van der Waals surface area (Å²) < 4.78 is 10.1. The number of hydrogen-bond donors (Lipinski definition) is 3. The molecule has 3 N–H and O–H groups in total. The Hall–Kier alpha value is -3.88. The van der Waals surface area contributed by atoms with Gasteiger partial charge < -0.3 is 24.9 Å². The SMILES string of the molecule is CCOC(=O)Cc1c(C(=O)OCC)[nH]c(C)c1/C=C1/C(=O)Nc2ccc(C(=O)O)cc21. The van der Waals surface area contributed by atoms with Crippen molar-refractivity contribution in [2.75, 3.05) is 18.5 Å². The molecule has 9 heteroatoms. The highest BCUT2D eigenvalue weighted by molar-refractivity contribution is 6.35. The summed E-state index contributed by atoms with van der Waals surface area (Å²) in [7, 11) is 0. The average Bonchev–Trinajstić information content (AvgIpc) is 3.19. The van der Waals surface area contributed by atoms with E-state index in [0.717, 1.165) is 0 Å². The molecule has 1 amide bonds. The molecule has 0 atom stereocenters. The van der Waals surface area contributed by atoms with E-state index in [0.29, 0.717) is 28.1 Å². The molecule has 1 aliphatic rings. The summed E-state index contributed by atoms with van der Waals surface area (Å²) in [5.74, 6) is -2.69. The lowest BCUT2D eigenvalue weighted by Crippen LogP contribution is -2.13. The molecule has 0 spiro atoms. The lowest BCUT2D eigenvalue weighted by Gasteiger charge is -2.07. The van der Waals surface area contributed by atoms with E-state index in [1.54, 1.807) is 20.8 Å². The third-order valence-electron chi connectivity index (χ3n) is 4.79. The fraction of sp³-hybridized carbons (Fsp3) is 0.273. The fourth-order valence-corrected chi connectivity index (χ4v) is 3.41. The summed E-state index contributed by atoms with van der Waals surface area (Å²) >= 11 is 0. The van der Waals surface area contributed by atoms with Gasteiger partial charge in [0.25, 0.3) is 5.91 Å². The molecule has 0 saturated heterocycles. The molecule has 0 saturated carbocycles. The van der Waals surface area contributed by atoms with E-state index in [-0.39, 0.29) is 36.5 Å². The molecule has 0 aliphatic carbocycles. The maximum absolute atomic E-state index is 12.6. The molecule has 31 heavy (non-hydrogen) atoms. The Morgan fingerprint density at radius 3 is 2.48 bits per heavy atom. The molecule has 1 aromatic heterocycles. The van der Waals surface area contributed by atoms with Crippen molar-refractivity contribution in [1.29, 1.82) is 0 Å². The number of aromatic carboxylic acids is 1. The molecule has 0 bridgehead atoms. The molecule has 9 nitrogen and oxygen atoms in total. The van der Waals surface area contributed by atoms with Gasteiger partial charge in [-0.25, -0.2) is 9.59 Å². The zero-order chi connectivity index (χ0) is 22.7. The number of ether oxygens (including phenoxy) is 2. The predicted octanol–water partition coefficient (Wildman–Crippen LogP) is 2.80. The molecule has 2 aromatic rings. The van der Waals surface area contributed by atoms with Crippen LogP contribution in [-0.4, -0.2) is 47.1 Å². The molecule has 0 radical (unpaired) electrons. The minimum Gasteiger partial charge on any atom is -0.478 e. The number of anilines is 1. The van der Waals surface area contributed by atoms with Gasteiger partial charge in [0.15, 0.2) is 0 Å². The summed E-state index contributed by atoms with van der Waals surface area (Å²) in [6.07, 6.45) is 1.34. The van der Waals surface area contributed by atoms with Gasteiger partial charge in [-0.15, -0.1) is 0 Å². The second-order valence-electron chi connectivity index (χ2n) is 6.80. The van der Waals surface area contributed by atoms with Gasteiger partial charge in [-0.05, 0) is 45.0 Å². The van der Waals surface area contributed by atoms with Gasteiger partial charge in [-0.3, -0.25) is 9.59 Å². The zero-order valence-corrected chi connectivity index (χ0v) is 17.3. The molecule has 0 fully saturated rings. The first kappa shape index (κ1) is 21.8. The molecule has 1 aliphatic heterocycles. The summed E-state index contributed by atoms with van der Waals surface area (Å²) in [4.78, 5) is 51.5. The monoisotopic (exact) mass is 426 g/mol. The number of aromatic amines is 1. The highest BCUT2D eigenvalue weighted by atomic mass is 16.5. The first-order valence-corrected chi connectivity index (χ1v) is 9.71. The second-order valence-corrected chi connectivity index (χ2v) is 6.80. The van der Waals surface area contributed by atoms with Crippen LogP contribution in [0.3, 0.4) is 0 Å². The number of benzene rings is 1. The molecule has 1 aromatic carbocycles. The highest BCUT2D eigenvalue weighted by Crippen LogP contribution is 2.35.